The Morgan fingerprint density at radius 2 is 1.95 bits per heavy atom. The van der Waals surface area contributed by atoms with Crippen LogP contribution in [0.1, 0.15) is 32.6 Å². The minimum absolute atomic E-state index is 0. The van der Waals surface area contributed by atoms with Gasteiger partial charge >= 0.3 is 0 Å². The van der Waals surface area contributed by atoms with E-state index in [0.717, 1.165) is 45.6 Å². The molecule has 2 aliphatic heterocycles. The Morgan fingerprint density at radius 3 is 2.58 bits per heavy atom. The van der Waals surface area contributed by atoms with Crippen LogP contribution < -0.4 is 5.32 Å². The lowest BCUT2D eigenvalue weighted by Gasteiger charge is -2.34. The number of nitrogens with zero attached hydrogens (tertiary/aromatic N) is 2. The number of likely N-dealkylation sites (tertiary alicyclic amines) is 1. The van der Waals surface area contributed by atoms with Crippen molar-refractivity contribution in [3.63, 3.8) is 0 Å². The summed E-state index contributed by atoms with van der Waals surface area (Å²) in [6, 6.07) is -0.312. The Labute approximate surface area is 121 Å². The molecule has 1 unspecified atom stereocenters. The van der Waals surface area contributed by atoms with Gasteiger partial charge in [0.05, 0.1) is 12.5 Å². The zero-order chi connectivity index (χ0) is 13.0. The Hall–Kier alpha value is -0.810. The highest BCUT2D eigenvalue weighted by Crippen LogP contribution is 2.12. The number of amides is 2. The molecule has 0 aromatic rings. The first-order valence-electron chi connectivity index (χ1n) is 7.02. The van der Waals surface area contributed by atoms with E-state index in [9.17, 15) is 9.59 Å². The predicted octanol–water partition coefficient (Wildman–Crippen LogP) is 0.631. The molecule has 2 rings (SSSR count). The molecule has 1 N–H and O–H groups in total. The summed E-state index contributed by atoms with van der Waals surface area (Å²) in [4.78, 5) is 27.9. The van der Waals surface area contributed by atoms with Gasteiger partial charge in [0.15, 0.2) is 0 Å². The lowest BCUT2D eigenvalue weighted by atomic mass is 10.1. The lowest BCUT2D eigenvalue weighted by molar-refractivity contribution is -0.141. The fraction of sp³-hybridized carbons (Fsp3) is 0.846. The number of carbonyl (C=O) groups is 2. The second-order valence-corrected chi connectivity index (χ2v) is 5.07. The molecule has 2 saturated heterocycles. The summed E-state index contributed by atoms with van der Waals surface area (Å²) in [5.41, 5.74) is 0. The number of nitrogens with one attached hydrogen (secondary N) is 1. The number of hydrogen-bond acceptors (Lipinski definition) is 3. The SMILES string of the molecule is CCN1CCNC(CC(=O)N2CCCCC2)C1=O.Cl. The number of piperazine rings is 1. The highest BCUT2D eigenvalue weighted by atomic mass is 35.5. The Kier molecular flexibility index (Phi) is 6.58. The van der Waals surface area contributed by atoms with Gasteiger partial charge in [-0.15, -0.1) is 12.4 Å². The molecule has 0 aromatic heterocycles. The van der Waals surface area contributed by atoms with E-state index in [1.54, 1.807) is 0 Å². The van der Waals surface area contributed by atoms with Crippen LogP contribution in [-0.4, -0.2) is 60.4 Å². The van der Waals surface area contributed by atoms with E-state index in [1.165, 1.54) is 6.42 Å². The van der Waals surface area contributed by atoms with Crippen LogP contribution >= 0.6 is 12.4 Å². The average molecular weight is 290 g/mol. The third-order valence-electron chi connectivity index (χ3n) is 3.85. The van der Waals surface area contributed by atoms with Gasteiger partial charge in [0.25, 0.3) is 0 Å². The molecule has 6 heteroatoms. The van der Waals surface area contributed by atoms with Crippen LogP contribution in [0.5, 0.6) is 0 Å². The molecule has 0 spiro atoms. The van der Waals surface area contributed by atoms with Gasteiger partial charge in [-0.25, -0.2) is 0 Å². The molecule has 2 amide bonds. The molecule has 5 nitrogen and oxygen atoms in total. The normalized spacial score (nSPS) is 24.1. The van der Waals surface area contributed by atoms with Crippen LogP contribution in [0.25, 0.3) is 0 Å². The number of rotatable bonds is 3. The second-order valence-electron chi connectivity index (χ2n) is 5.07. The summed E-state index contributed by atoms with van der Waals surface area (Å²) >= 11 is 0. The summed E-state index contributed by atoms with van der Waals surface area (Å²) in [5, 5.41) is 3.16. The van der Waals surface area contributed by atoms with E-state index >= 15 is 0 Å². The number of likely N-dealkylation sites (N-methyl/N-ethyl adjacent to an activating group) is 1. The van der Waals surface area contributed by atoms with Crippen molar-refractivity contribution < 1.29 is 9.59 Å². The van der Waals surface area contributed by atoms with Crippen LogP contribution in [0.3, 0.4) is 0 Å². The zero-order valence-electron chi connectivity index (χ0n) is 11.6. The summed E-state index contributed by atoms with van der Waals surface area (Å²) in [6.07, 6.45) is 3.72. The third-order valence-corrected chi connectivity index (χ3v) is 3.85. The largest absolute Gasteiger partial charge is 0.343 e. The van der Waals surface area contributed by atoms with Crippen molar-refractivity contribution in [1.82, 2.24) is 15.1 Å². The molecule has 0 bridgehead atoms. The first kappa shape index (κ1) is 16.2. The van der Waals surface area contributed by atoms with Crippen molar-refractivity contribution in [2.24, 2.45) is 0 Å². The monoisotopic (exact) mass is 289 g/mol. The van der Waals surface area contributed by atoms with Crippen molar-refractivity contribution in [3.05, 3.63) is 0 Å². The fourth-order valence-electron chi connectivity index (χ4n) is 2.71. The fourth-order valence-corrected chi connectivity index (χ4v) is 2.71. The summed E-state index contributed by atoms with van der Waals surface area (Å²) in [6.45, 7) is 5.97. The molecule has 2 heterocycles. The maximum absolute atomic E-state index is 12.1. The standard InChI is InChI=1S/C13H23N3O2.ClH/c1-2-15-9-6-14-11(13(15)18)10-12(17)16-7-4-3-5-8-16;/h11,14H,2-10H2,1H3;1H. The van der Waals surface area contributed by atoms with Gasteiger partial charge in [-0.1, -0.05) is 0 Å². The van der Waals surface area contributed by atoms with E-state index in [4.69, 9.17) is 0 Å². The van der Waals surface area contributed by atoms with Gasteiger partial charge in [-0.05, 0) is 26.2 Å². The van der Waals surface area contributed by atoms with E-state index in [2.05, 4.69) is 5.32 Å². The van der Waals surface area contributed by atoms with Crippen LogP contribution in [0.2, 0.25) is 0 Å². The molecule has 0 aromatic carbocycles. The van der Waals surface area contributed by atoms with Gasteiger partial charge in [0.1, 0.15) is 0 Å². The van der Waals surface area contributed by atoms with Gasteiger partial charge in [-0.3, -0.25) is 9.59 Å². The van der Waals surface area contributed by atoms with Crippen molar-refractivity contribution in [2.75, 3.05) is 32.7 Å². The molecule has 0 aliphatic carbocycles. The van der Waals surface area contributed by atoms with Crippen LogP contribution in [0.4, 0.5) is 0 Å². The van der Waals surface area contributed by atoms with E-state index in [1.807, 2.05) is 16.7 Å². The predicted molar refractivity (Wildman–Crippen MR) is 76.3 cm³/mol. The van der Waals surface area contributed by atoms with Crippen LogP contribution in [0, 0.1) is 0 Å². The molecule has 2 fully saturated rings. The average Bonchev–Trinajstić information content (AvgIpc) is 2.42. The first-order valence-corrected chi connectivity index (χ1v) is 7.02. The molecule has 19 heavy (non-hydrogen) atoms. The number of hydrogen-bond donors (Lipinski definition) is 1. The maximum Gasteiger partial charge on any atom is 0.240 e. The van der Waals surface area contributed by atoms with Crippen molar-refractivity contribution in [1.29, 1.82) is 0 Å². The second kappa shape index (κ2) is 7.70. The minimum Gasteiger partial charge on any atom is -0.343 e. The van der Waals surface area contributed by atoms with Gasteiger partial charge < -0.3 is 15.1 Å². The minimum atomic E-state index is -0.312. The van der Waals surface area contributed by atoms with Gasteiger partial charge in [0, 0.05) is 32.7 Å². The van der Waals surface area contributed by atoms with Crippen molar-refractivity contribution in [2.45, 2.75) is 38.6 Å². The van der Waals surface area contributed by atoms with E-state index < -0.39 is 0 Å². The van der Waals surface area contributed by atoms with E-state index in [-0.39, 0.29) is 30.3 Å². The number of carbonyl (C=O) groups excluding carboxylic acids is 2. The number of piperidine rings is 1. The maximum atomic E-state index is 12.1. The topological polar surface area (TPSA) is 52.7 Å². The third kappa shape index (κ3) is 4.08. The molecule has 0 saturated carbocycles. The number of halogens is 1. The molecule has 0 radical (unpaired) electrons. The zero-order valence-corrected chi connectivity index (χ0v) is 12.4. The van der Waals surface area contributed by atoms with Crippen molar-refractivity contribution in [3.8, 4) is 0 Å². The summed E-state index contributed by atoms with van der Waals surface area (Å²) in [5.74, 6) is 0.201. The Morgan fingerprint density at radius 1 is 1.26 bits per heavy atom. The molecule has 1 atom stereocenters. The Bertz CT molecular complexity index is 319. The highest BCUT2D eigenvalue weighted by molar-refractivity contribution is 5.89. The molecular weight excluding hydrogens is 266 g/mol. The van der Waals surface area contributed by atoms with Gasteiger partial charge in [-0.2, -0.15) is 0 Å². The summed E-state index contributed by atoms with van der Waals surface area (Å²) in [7, 11) is 0. The summed E-state index contributed by atoms with van der Waals surface area (Å²) < 4.78 is 0. The first-order chi connectivity index (χ1) is 8.72. The lowest BCUT2D eigenvalue weighted by Crippen LogP contribution is -2.56. The van der Waals surface area contributed by atoms with Crippen LogP contribution in [-0.2, 0) is 9.59 Å². The van der Waals surface area contributed by atoms with E-state index in [0.29, 0.717) is 6.42 Å². The smallest absolute Gasteiger partial charge is 0.240 e. The van der Waals surface area contributed by atoms with Gasteiger partial charge in [0.2, 0.25) is 11.8 Å². The highest BCUT2D eigenvalue weighted by Gasteiger charge is 2.30. The van der Waals surface area contributed by atoms with Crippen LogP contribution in [0.15, 0.2) is 0 Å². The van der Waals surface area contributed by atoms with Crippen molar-refractivity contribution >= 4 is 24.2 Å². The molecule has 110 valence electrons. The Balaban J connectivity index is 0.00000180. The quantitative estimate of drug-likeness (QED) is 0.829. The molecule has 2 aliphatic rings. The molecular formula is C13H24ClN3O2.